The van der Waals surface area contributed by atoms with E-state index in [-0.39, 0.29) is 16.6 Å². The van der Waals surface area contributed by atoms with E-state index < -0.39 is 10.0 Å². The molecule has 30 heavy (non-hydrogen) atoms. The molecule has 158 valence electrons. The second-order valence-electron chi connectivity index (χ2n) is 7.00. The van der Waals surface area contributed by atoms with Crippen molar-refractivity contribution in [1.29, 1.82) is 0 Å². The Morgan fingerprint density at radius 3 is 2.73 bits per heavy atom. The van der Waals surface area contributed by atoms with Gasteiger partial charge in [0.2, 0.25) is 15.9 Å². The van der Waals surface area contributed by atoms with Crippen molar-refractivity contribution >= 4 is 54.9 Å². The number of aromatic nitrogens is 2. The van der Waals surface area contributed by atoms with Crippen molar-refractivity contribution in [1.82, 2.24) is 14.3 Å². The molecule has 2 aromatic heterocycles. The SMILES string of the molecule is O=C(CSc1ncnc2sccc12)Nc1cccc(S(=O)(=O)N2CCCCCC2)c1. The van der Waals surface area contributed by atoms with Crippen LogP contribution in [-0.2, 0) is 14.8 Å². The Morgan fingerprint density at radius 1 is 1.13 bits per heavy atom. The number of nitrogens with zero attached hydrogens (tertiary/aromatic N) is 3. The van der Waals surface area contributed by atoms with Gasteiger partial charge in [-0.25, -0.2) is 18.4 Å². The number of hydrogen-bond acceptors (Lipinski definition) is 7. The third-order valence-electron chi connectivity index (χ3n) is 4.89. The van der Waals surface area contributed by atoms with Crippen LogP contribution in [0.2, 0.25) is 0 Å². The van der Waals surface area contributed by atoms with Gasteiger partial charge in [0.05, 0.1) is 10.6 Å². The molecule has 0 aliphatic carbocycles. The van der Waals surface area contributed by atoms with E-state index in [9.17, 15) is 13.2 Å². The lowest BCUT2D eigenvalue weighted by Gasteiger charge is -2.20. The molecule has 0 radical (unpaired) electrons. The van der Waals surface area contributed by atoms with Crippen molar-refractivity contribution in [3.05, 3.63) is 42.0 Å². The van der Waals surface area contributed by atoms with Crippen LogP contribution in [0.4, 0.5) is 5.69 Å². The second kappa shape index (κ2) is 9.42. The van der Waals surface area contributed by atoms with Crippen LogP contribution in [0.15, 0.2) is 52.0 Å². The monoisotopic (exact) mass is 462 g/mol. The van der Waals surface area contributed by atoms with Gasteiger partial charge >= 0.3 is 0 Å². The fourth-order valence-electron chi connectivity index (χ4n) is 3.38. The summed E-state index contributed by atoms with van der Waals surface area (Å²) >= 11 is 2.86. The Hall–Kier alpha value is -2.01. The standard InChI is InChI=1S/C20H22N4O3S3/c25-18(13-29-20-17-8-11-28-19(17)21-14-22-20)23-15-6-5-7-16(12-15)30(26,27)24-9-3-1-2-4-10-24/h5-8,11-12,14H,1-4,9-10,13H2,(H,23,25). The highest BCUT2D eigenvalue weighted by Crippen LogP contribution is 2.28. The first-order chi connectivity index (χ1) is 14.5. The predicted octanol–water partition coefficient (Wildman–Crippen LogP) is 3.99. The number of amides is 1. The van der Waals surface area contributed by atoms with E-state index in [1.54, 1.807) is 22.5 Å². The summed E-state index contributed by atoms with van der Waals surface area (Å²) in [6.07, 6.45) is 5.38. The maximum atomic E-state index is 13.0. The maximum absolute atomic E-state index is 13.0. The van der Waals surface area contributed by atoms with Crippen molar-refractivity contribution < 1.29 is 13.2 Å². The molecule has 1 aromatic carbocycles. The number of nitrogens with one attached hydrogen (secondary N) is 1. The van der Waals surface area contributed by atoms with Gasteiger partial charge in [-0.1, -0.05) is 30.7 Å². The molecule has 1 N–H and O–H groups in total. The van der Waals surface area contributed by atoms with Gasteiger partial charge in [-0.2, -0.15) is 4.31 Å². The van der Waals surface area contributed by atoms with E-state index in [4.69, 9.17) is 0 Å². The Kier molecular flexibility index (Phi) is 6.67. The van der Waals surface area contributed by atoms with Crippen LogP contribution in [0, 0.1) is 0 Å². The maximum Gasteiger partial charge on any atom is 0.243 e. The molecule has 1 amide bonds. The zero-order valence-electron chi connectivity index (χ0n) is 16.3. The molecule has 0 atom stereocenters. The zero-order valence-corrected chi connectivity index (χ0v) is 18.7. The Labute approximate surface area is 184 Å². The van der Waals surface area contributed by atoms with E-state index >= 15 is 0 Å². The lowest BCUT2D eigenvalue weighted by atomic mass is 10.2. The van der Waals surface area contributed by atoms with E-state index in [0.29, 0.717) is 18.8 Å². The number of thiophene rings is 1. The number of carbonyl (C=O) groups is 1. The van der Waals surface area contributed by atoms with E-state index in [1.165, 1.54) is 35.5 Å². The van der Waals surface area contributed by atoms with Crippen LogP contribution in [0.1, 0.15) is 25.7 Å². The van der Waals surface area contributed by atoms with Gasteiger partial charge in [0.25, 0.3) is 0 Å². The number of fused-ring (bicyclic) bond motifs is 1. The third kappa shape index (κ3) is 4.83. The summed E-state index contributed by atoms with van der Waals surface area (Å²) in [6.45, 7) is 1.09. The highest BCUT2D eigenvalue weighted by atomic mass is 32.2. The molecule has 0 spiro atoms. The summed E-state index contributed by atoms with van der Waals surface area (Å²) in [7, 11) is -3.56. The van der Waals surface area contributed by atoms with Crippen molar-refractivity contribution in [2.45, 2.75) is 35.6 Å². The van der Waals surface area contributed by atoms with Crippen LogP contribution in [0.3, 0.4) is 0 Å². The van der Waals surface area contributed by atoms with Gasteiger partial charge in [0.1, 0.15) is 16.2 Å². The smallest absolute Gasteiger partial charge is 0.243 e. The Bertz CT molecular complexity index is 1140. The average molecular weight is 463 g/mol. The molecule has 10 heteroatoms. The fraction of sp³-hybridized carbons (Fsp3) is 0.350. The lowest BCUT2D eigenvalue weighted by Crippen LogP contribution is -2.32. The van der Waals surface area contributed by atoms with Crippen molar-refractivity contribution in [2.24, 2.45) is 0 Å². The van der Waals surface area contributed by atoms with E-state index in [2.05, 4.69) is 15.3 Å². The van der Waals surface area contributed by atoms with Gasteiger partial charge in [0, 0.05) is 24.2 Å². The van der Waals surface area contributed by atoms with Gasteiger partial charge in [-0.3, -0.25) is 4.79 Å². The number of carbonyl (C=O) groups excluding carboxylic acids is 1. The largest absolute Gasteiger partial charge is 0.325 e. The highest BCUT2D eigenvalue weighted by molar-refractivity contribution is 8.00. The summed E-state index contributed by atoms with van der Waals surface area (Å²) in [5.41, 5.74) is 0.472. The second-order valence-corrected chi connectivity index (χ2v) is 10.8. The number of rotatable bonds is 6. The van der Waals surface area contributed by atoms with Crippen molar-refractivity contribution in [2.75, 3.05) is 24.2 Å². The minimum atomic E-state index is -3.56. The molecule has 3 aromatic rings. The highest BCUT2D eigenvalue weighted by Gasteiger charge is 2.25. The fourth-order valence-corrected chi connectivity index (χ4v) is 6.52. The minimum absolute atomic E-state index is 0.172. The van der Waals surface area contributed by atoms with Gasteiger partial charge in [0.15, 0.2) is 0 Å². The number of anilines is 1. The van der Waals surface area contributed by atoms with Crippen LogP contribution in [0.5, 0.6) is 0 Å². The third-order valence-corrected chi connectivity index (χ3v) is 8.61. The van der Waals surface area contributed by atoms with Crippen LogP contribution in [0.25, 0.3) is 10.2 Å². The topological polar surface area (TPSA) is 92.3 Å². The molecular formula is C20H22N4O3S3. The molecule has 1 saturated heterocycles. The van der Waals surface area contributed by atoms with Gasteiger partial charge < -0.3 is 5.32 Å². The van der Waals surface area contributed by atoms with Gasteiger partial charge in [-0.15, -0.1) is 11.3 Å². The predicted molar refractivity (Wildman–Crippen MR) is 120 cm³/mol. The van der Waals surface area contributed by atoms with E-state index in [0.717, 1.165) is 40.9 Å². The molecular weight excluding hydrogens is 440 g/mol. The number of sulfonamides is 1. The van der Waals surface area contributed by atoms with E-state index in [1.807, 2.05) is 11.4 Å². The van der Waals surface area contributed by atoms with Crippen molar-refractivity contribution in [3.8, 4) is 0 Å². The first-order valence-corrected chi connectivity index (χ1v) is 13.1. The molecule has 7 nitrogen and oxygen atoms in total. The molecule has 4 rings (SSSR count). The van der Waals surface area contributed by atoms with Gasteiger partial charge in [-0.05, 0) is 42.5 Å². The summed E-state index contributed by atoms with van der Waals surface area (Å²) < 4.78 is 27.5. The first kappa shape index (κ1) is 21.2. The number of thioether (sulfide) groups is 1. The zero-order chi connectivity index (χ0) is 21.0. The first-order valence-electron chi connectivity index (χ1n) is 9.75. The molecule has 0 saturated carbocycles. The lowest BCUT2D eigenvalue weighted by molar-refractivity contribution is -0.113. The van der Waals surface area contributed by atoms with Crippen LogP contribution in [-0.4, -0.2) is 47.4 Å². The molecule has 1 fully saturated rings. The molecule has 3 heterocycles. The Morgan fingerprint density at radius 2 is 1.93 bits per heavy atom. The molecule has 0 bridgehead atoms. The van der Waals surface area contributed by atoms with Crippen LogP contribution >= 0.6 is 23.1 Å². The Balaban J connectivity index is 1.42. The number of hydrogen-bond donors (Lipinski definition) is 1. The normalized spacial score (nSPS) is 15.7. The number of benzene rings is 1. The summed E-state index contributed by atoms with van der Waals surface area (Å²) in [4.78, 5) is 22.0. The van der Waals surface area contributed by atoms with Crippen LogP contribution < -0.4 is 5.32 Å². The minimum Gasteiger partial charge on any atom is -0.325 e. The molecule has 1 aliphatic rings. The molecule has 1 aliphatic heterocycles. The summed E-state index contributed by atoms with van der Waals surface area (Å²) in [5, 5.41) is 6.44. The molecule has 0 unspecified atom stereocenters. The average Bonchev–Trinajstić information content (AvgIpc) is 3.05. The summed E-state index contributed by atoms with van der Waals surface area (Å²) in [6, 6.07) is 8.42. The quantitative estimate of drug-likeness (QED) is 0.440. The van der Waals surface area contributed by atoms with Crippen molar-refractivity contribution in [3.63, 3.8) is 0 Å². The summed E-state index contributed by atoms with van der Waals surface area (Å²) in [5.74, 6) is -0.0447.